The molecule has 0 saturated carbocycles. The van der Waals surface area contributed by atoms with Crippen LogP contribution in [-0.4, -0.2) is 51.9 Å². The molecule has 0 unspecified atom stereocenters. The molecule has 1 fully saturated rings. The quantitative estimate of drug-likeness (QED) is 0.740. The van der Waals surface area contributed by atoms with Crippen LogP contribution in [0.1, 0.15) is 21.6 Å². The van der Waals surface area contributed by atoms with Crippen LogP contribution in [0.2, 0.25) is 0 Å². The molecule has 0 bridgehead atoms. The molecule has 0 atom stereocenters. The van der Waals surface area contributed by atoms with E-state index in [0.717, 1.165) is 16.9 Å². The zero-order valence-electron chi connectivity index (χ0n) is 16.7. The molecule has 1 saturated heterocycles. The van der Waals surface area contributed by atoms with E-state index in [1.165, 1.54) is 5.56 Å². The van der Waals surface area contributed by atoms with Gasteiger partial charge in [-0.2, -0.15) is 0 Å². The van der Waals surface area contributed by atoms with Gasteiger partial charge in [0.25, 0.3) is 5.91 Å². The van der Waals surface area contributed by atoms with Crippen molar-refractivity contribution < 1.29 is 4.79 Å². The van der Waals surface area contributed by atoms with Crippen LogP contribution in [0.4, 0.5) is 17.3 Å². The molecule has 7 heteroatoms. The number of nitrogens with one attached hydrogen (secondary N) is 1. The molecule has 0 aliphatic carbocycles. The number of nitrogens with zero attached hydrogens (tertiary/aromatic N) is 5. The largest absolute Gasteiger partial charge is 0.354 e. The molecule has 1 amide bonds. The molecule has 1 N–H and O–H groups in total. The highest BCUT2D eigenvalue weighted by molar-refractivity contribution is 5.92. The maximum atomic E-state index is 12.8. The number of rotatable bonds is 4. The Bertz CT molecular complexity index is 982. The third-order valence-electron chi connectivity index (χ3n) is 5.06. The fourth-order valence-electron chi connectivity index (χ4n) is 3.35. The number of amides is 1. The van der Waals surface area contributed by atoms with E-state index in [2.05, 4.69) is 57.2 Å². The minimum Gasteiger partial charge on any atom is -0.354 e. The average Bonchev–Trinajstić information content (AvgIpc) is 2.77. The van der Waals surface area contributed by atoms with E-state index < -0.39 is 0 Å². The lowest BCUT2D eigenvalue weighted by atomic mass is 10.1. The lowest BCUT2D eigenvalue weighted by molar-refractivity contribution is 0.0740. The summed E-state index contributed by atoms with van der Waals surface area (Å²) in [6, 6.07) is 11.8. The van der Waals surface area contributed by atoms with Crippen molar-refractivity contribution in [1.82, 2.24) is 19.9 Å². The summed E-state index contributed by atoms with van der Waals surface area (Å²) >= 11 is 0. The minimum absolute atomic E-state index is 0.0445. The number of hydrogen-bond donors (Lipinski definition) is 1. The maximum Gasteiger partial charge on any atom is 0.272 e. The van der Waals surface area contributed by atoms with Gasteiger partial charge in [0.2, 0.25) is 5.95 Å². The topological polar surface area (TPSA) is 74.2 Å². The first-order valence-electron chi connectivity index (χ1n) is 9.72. The molecule has 2 aromatic heterocycles. The van der Waals surface area contributed by atoms with E-state index in [-0.39, 0.29) is 5.91 Å². The van der Waals surface area contributed by atoms with Crippen LogP contribution in [0.3, 0.4) is 0 Å². The monoisotopic (exact) mass is 388 g/mol. The summed E-state index contributed by atoms with van der Waals surface area (Å²) in [6.45, 7) is 6.80. The summed E-state index contributed by atoms with van der Waals surface area (Å²) in [5.74, 6) is 0.663. The average molecular weight is 388 g/mol. The Morgan fingerprint density at radius 3 is 2.41 bits per heavy atom. The smallest absolute Gasteiger partial charge is 0.272 e. The number of piperazine rings is 1. The van der Waals surface area contributed by atoms with Gasteiger partial charge < -0.3 is 15.1 Å². The van der Waals surface area contributed by atoms with Crippen LogP contribution < -0.4 is 10.2 Å². The molecule has 148 valence electrons. The summed E-state index contributed by atoms with van der Waals surface area (Å²) in [4.78, 5) is 29.7. The van der Waals surface area contributed by atoms with Crippen molar-refractivity contribution in [3.8, 4) is 0 Å². The summed E-state index contributed by atoms with van der Waals surface area (Å²) in [5.41, 5.74) is 4.72. The van der Waals surface area contributed by atoms with Crippen molar-refractivity contribution in [1.29, 1.82) is 0 Å². The van der Waals surface area contributed by atoms with Crippen LogP contribution in [0.5, 0.6) is 0 Å². The summed E-state index contributed by atoms with van der Waals surface area (Å²) in [6.07, 6.45) is 5.18. The van der Waals surface area contributed by atoms with Crippen molar-refractivity contribution in [2.45, 2.75) is 13.8 Å². The molecule has 1 aliphatic heterocycles. The zero-order chi connectivity index (χ0) is 20.2. The Morgan fingerprint density at radius 1 is 0.966 bits per heavy atom. The number of anilines is 3. The van der Waals surface area contributed by atoms with E-state index in [4.69, 9.17) is 0 Å². The number of carbonyl (C=O) groups excluding carboxylic acids is 1. The van der Waals surface area contributed by atoms with Gasteiger partial charge in [-0.3, -0.25) is 4.79 Å². The maximum absolute atomic E-state index is 12.8. The van der Waals surface area contributed by atoms with E-state index in [1.807, 2.05) is 11.0 Å². The minimum atomic E-state index is -0.0445. The molecule has 7 nitrogen and oxygen atoms in total. The predicted octanol–water partition coefficient (Wildman–Crippen LogP) is 3.19. The third kappa shape index (κ3) is 4.34. The van der Waals surface area contributed by atoms with Crippen molar-refractivity contribution in [2.24, 2.45) is 0 Å². The lowest BCUT2D eigenvalue weighted by Crippen LogP contribution is -2.49. The molecule has 4 rings (SSSR count). The molecule has 3 heterocycles. The second-order valence-corrected chi connectivity index (χ2v) is 7.20. The van der Waals surface area contributed by atoms with Crippen LogP contribution in [0.25, 0.3) is 0 Å². The number of aromatic nitrogens is 3. The molecule has 1 aliphatic rings. The first-order chi connectivity index (χ1) is 14.1. The SMILES string of the molecule is Cc1ccc(C)c(Nc2ccc(C(=O)N3CCN(c4ncccn4)CC3)nc2)c1. The van der Waals surface area contributed by atoms with Gasteiger partial charge in [-0.15, -0.1) is 0 Å². The van der Waals surface area contributed by atoms with Crippen molar-refractivity contribution in [2.75, 3.05) is 36.4 Å². The molecule has 3 aromatic rings. The van der Waals surface area contributed by atoms with Gasteiger partial charge in [-0.25, -0.2) is 15.0 Å². The first-order valence-corrected chi connectivity index (χ1v) is 9.72. The van der Waals surface area contributed by atoms with Gasteiger partial charge in [0.1, 0.15) is 5.69 Å². The highest BCUT2D eigenvalue weighted by atomic mass is 16.2. The van der Waals surface area contributed by atoms with Crippen LogP contribution in [0.15, 0.2) is 55.0 Å². The number of aryl methyl sites for hydroxylation is 2. The summed E-state index contributed by atoms with van der Waals surface area (Å²) in [7, 11) is 0. The van der Waals surface area contributed by atoms with Gasteiger partial charge in [0, 0.05) is 44.3 Å². The van der Waals surface area contributed by atoms with Gasteiger partial charge in [-0.05, 0) is 49.2 Å². The highest BCUT2D eigenvalue weighted by Crippen LogP contribution is 2.21. The van der Waals surface area contributed by atoms with Gasteiger partial charge >= 0.3 is 0 Å². The number of hydrogen-bond acceptors (Lipinski definition) is 6. The number of pyridine rings is 1. The Labute approximate surface area is 170 Å². The standard InChI is InChI=1S/C22H24N6O/c1-16-4-5-17(2)20(14-16)26-18-6-7-19(25-15-18)21(29)27-10-12-28(13-11-27)22-23-8-3-9-24-22/h3-9,14-15,26H,10-13H2,1-2H3. The molecule has 0 radical (unpaired) electrons. The van der Waals surface area contributed by atoms with E-state index in [1.54, 1.807) is 30.7 Å². The zero-order valence-corrected chi connectivity index (χ0v) is 16.7. The van der Waals surface area contributed by atoms with E-state index in [9.17, 15) is 4.79 Å². The summed E-state index contributed by atoms with van der Waals surface area (Å²) in [5, 5.41) is 3.37. The normalized spacial score (nSPS) is 14.0. The molecular formula is C22H24N6O. The van der Waals surface area contributed by atoms with E-state index >= 15 is 0 Å². The Kier molecular flexibility index (Phi) is 5.37. The van der Waals surface area contributed by atoms with Crippen molar-refractivity contribution >= 4 is 23.2 Å². The first kappa shape index (κ1) is 18.9. The lowest BCUT2D eigenvalue weighted by Gasteiger charge is -2.34. The Morgan fingerprint density at radius 2 is 1.72 bits per heavy atom. The second kappa shape index (κ2) is 8.26. The van der Waals surface area contributed by atoms with Crippen molar-refractivity contribution in [3.63, 3.8) is 0 Å². The third-order valence-corrected chi connectivity index (χ3v) is 5.06. The van der Waals surface area contributed by atoms with Crippen LogP contribution in [0, 0.1) is 13.8 Å². The van der Waals surface area contributed by atoms with Crippen molar-refractivity contribution in [3.05, 3.63) is 71.8 Å². The fourth-order valence-corrected chi connectivity index (χ4v) is 3.35. The second-order valence-electron chi connectivity index (χ2n) is 7.20. The Hall–Kier alpha value is -3.48. The van der Waals surface area contributed by atoms with Gasteiger partial charge in [0.05, 0.1) is 11.9 Å². The van der Waals surface area contributed by atoms with Crippen LogP contribution in [-0.2, 0) is 0 Å². The van der Waals surface area contributed by atoms with E-state index in [0.29, 0.717) is 37.8 Å². The number of benzene rings is 1. The molecule has 29 heavy (non-hydrogen) atoms. The molecular weight excluding hydrogens is 364 g/mol. The predicted molar refractivity (Wildman–Crippen MR) is 114 cm³/mol. The van der Waals surface area contributed by atoms with Crippen LogP contribution >= 0.6 is 0 Å². The summed E-state index contributed by atoms with van der Waals surface area (Å²) < 4.78 is 0. The van der Waals surface area contributed by atoms with Gasteiger partial charge in [0.15, 0.2) is 0 Å². The van der Waals surface area contributed by atoms with Gasteiger partial charge in [-0.1, -0.05) is 12.1 Å². The molecule has 1 aromatic carbocycles. The molecule has 0 spiro atoms. The highest BCUT2D eigenvalue weighted by Gasteiger charge is 2.24. The fraction of sp³-hybridized carbons (Fsp3) is 0.273. The Balaban J connectivity index is 1.38. The number of carbonyl (C=O) groups is 1.